The highest BCUT2D eigenvalue weighted by atomic mass is 32.2. The molecule has 13 heavy (non-hydrogen) atoms. The van der Waals surface area contributed by atoms with Gasteiger partial charge in [-0.3, -0.25) is 9.20 Å². The zero-order valence-corrected chi connectivity index (χ0v) is 8.77. The third-order valence-corrected chi connectivity index (χ3v) is 3.45. The smallest absolute Gasteiger partial charge is 0.188 e. The zero-order chi connectivity index (χ0) is 9.68. The topological polar surface area (TPSA) is 67.5 Å². The first kappa shape index (κ1) is 10.5. The molecule has 1 rings (SSSR count). The monoisotopic (exact) mass is 203 g/mol. The van der Waals surface area contributed by atoms with Crippen LogP contribution < -0.4 is 11.1 Å². The highest BCUT2D eigenvalue weighted by Crippen LogP contribution is 2.08. The molecule has 0 unspecified atom stereocenters. The SMILES string of the molecule is CCN=C(N)NC1CCS(=O)CC1. The van der Waals surface area contributed by atoms with Gasteiger partial charge in [0.1, 0.15) is 0 Å². The third kappa shape index (κ3) is 3.76. The van der Waals surface area contributed by atoms with Gasteiger partial charge in [0.2, 0.25) is 0 Å². The molecule has 1 heterocycles. The normalized spacial score (nSPS) is 30.1. The maximum Gasteiger partial charge on any atom is 0.188 e. The van der Waals surface area contributed by atoms with Gasteiger partial charge in [0.15, 0.2) is 5.96 Å². The molecular weight excluding hydrogens is 186 g/mol. The van der Waals surface area contributed by atoms with Crippen LogP contribution in [0, 0.1) is 0 Å². The summed E-state index contributed by atoms with van der Waals surface area (Å²) in [6.07, 6.45) is 1.87. The molecule has 0 aromatic carbocycles. The largest absolute Gasteiger partial charge is 0.370 e. The van der Waals surface area contributed by atoms with Crippen LogP contribution >= 0.6 is 0 Å². The van der Waals surface area contributed by atoms with Crippen molar-refractivity contribution in [1.82, 2.24) is 5.32 Å². The van der Waals surface area contributed by atoms with Crippen LogP contribution in [-0.2, 0) is 10.8 Å². The molecular formula is C8H17N3OS. The van der Waals surface area contributed by atoms with Gasteiger partial charge < -0.3 is 11.1 Å². The van der Waals surface area contributed by atoms with Crippen molar-refractivity contribution in [3.8, 4) is 0 Å². The molecule has 0 aromatic rings. The molecule has 3 N–H and O–H groups in total. The number of aliphatic imine (C=N–C) groups is 1. The second-order valence-corrected chi connectivity index (χ2v) is 4.82. The van der Waals surface area contributed by atoms with Gasteiger partial charge in [0, 0.05) is 34.9 Å². The maximum atomic E-state index is 11.0. The summed E-state index contributed by atoms with van der Waals surface area (Å²) in [4.78, 5) is 4.05. The van der Waals surface area contributed by atoms with E-state index in [-0.39, 0.29) is 0 Å². The Morgan fingerprint density at radius 1 is 1.62 bits per heavy atom. The van der Waals surface area contributed by atoms with Crippen molar-refractivity contribution in [1.29, 1.82) is 0 Å². The fraction of sp³-hybridized carbons (Fsp3) is 0.875. The van der Waals surface area contributed by atoms with Crippen molar-refractivity contribution < 1.29 is 4.21 Å². The van der Waals surface area contributed by atoms with Crippen LogP contribution in [0.4, 0.5) is 0 Å². The van der Waals surface area contributed by atoms with E-state index in [0.717, 1.165) is 24.3 Å². The van der Waals surface area contributed by atoms with Gasteiger partial charge in [-0.2, -0.15) is 0 Å². The Morgan fingerprint density at radius 3 is 2.77 bits per heavy atom. The quantitative estimate of drug-likeness (QED) is 0.483. The van der Waals surface area contributed by atoms with Gasteiger partial charge in [0.25, 0.3) is 0 Å². The van der Waals surface area contributed by atoms with E-state index in [1.165, 1.54) is 0 Å². The number of nitrogens with zero attached hydrogens (tertiary/aromatic N) is 1. The highest BCUT2D eigenvalue weighted by Gasteiger charge is 2.17. The number of guanidine groups is 1. The maximum absolute atomic E-state index is 11.0. The van der Waals surface area contributed by atoms with E-state index in [9.17, 15) is 4.21 Å². The van der Waals surface area contributed by atoms with Crippen LogP contribution in [0.1, 0.15) is 19.8 Å². The highest BCUT2D eigenvalue weighted by molar-refractivity contribution is 7.85. The summed E-state index contributed by atoms with van der Waals surface area (Å²) in [7, 11) is -0.600. The molecule has 0 amide bonds. The van der Waals surface area contributed by atoms with Crippen molar-refractivity contribution in [2.75, 3.05) is 18.1 Å². The minimum Gasteiger partial charge on any atom is -0.370 e. The van der Waals surface area contributed by atoms with Gasteiger partial charge in [-0.25, -0.2) is 0 Å². The van der Waals surface area contributed by atoms with Crippen LogP contribution in [0.15, 0.2) is 4.99 Å². The molecule has 0 spiro atoms. The fourth-order valence-corrected chi connectivity index (χ4v) is 2.66. The van der Waals surface area contributed by atoms with E-state index in [2.05, 4.69) is 10.3 Å². The predicted octanol–water partition coefficient (Wildman–Crippen LogP) is -0.178. The second kappa shape index (κ2) is 5.21. The first-order valence-corrected chi connectivity index (χ1v) is 6.12. The minimum absolute atomic E-state index is 0.369. The number of rotatable bonds is 2. The number of nitrogens with one attached hydrogen (secondary N) is 1. The van der Waals surface area contributed by atoms with Crippen LogP contribution in [-0.4, -0.2) is 34.3 Å². The zero-order valence-electron chi connectivity index (χ0n) is 7.95. The second-order valence-electron chi connectivity index (χ2n) is 3.13. The van der Waals surface area contributed by atoms with Crippen molar-refractivity contribution in [3.05, 3.63) is 0 Å². The standard InChI is InChI=1S/C8H17N3OS/c1-2-10-8(9)11-7-3-5-13(12)6-4-7/h7H,2-6H2,1H3,(H3,9,10,11). The average Bonchev–Trinajstić information content (AvgIpc) is 2.09. The molecule has 0 bridgehead atoms. The Morgan fingerprint density at radius 2 is 2.23 bits per heavy atom. The van der Waals surface area contributed by atoms with Crippen LogP contribution in [0.5, 0.6) is 0 Å². The van der Waals surface area contributed by atoms with Crippen molar-refractivity contribution in [3.63, 3.8) is 0 Å². The summed E-state index contributed by atoms with van der Waals surface area (Å²) in [5.41, 5.74) is 5.61. The molecule has 0 aromatic heterocycles. The molecule has 1 saturated heterocycles. The molecule has 1 aliphatic rings. The minimum atomic E-state index is -0.600. The van der Waals surface area contributed by atoms with Crippen LogP contribution in [0.2, 0.25) is 0 Å². The summed E-state index contributed by atoms with van der Waals surface area (Å²) in [6.45, 7) is 2.65. The third-order valence-electron chi connectivity index (χ3n) is 2.07. The molecule has 0 radical (unpaired) electrons. The molecule has 0 saturated carbocycles. The lowest BCUT2D eigenvalue weighted by atomic mass is 10.2. The number of hydrogen-bond donors (Lipinski definition) is 2. The Kier molecular flexibility index (Phi) is 4.21. The van der Waals surface area contributed by atoms with E-state index < -0.39 is 10.8 Å². The molecule has 76 valence electrons. The Labute approximate surface area is 81.4 Å². The molecule has 0 aliphatic carbocycles. The summed E-state index contributed by atoms with van der Waals surface area (Å²) >= 11 is 0. The molecule has 0 atom stereocenters. The first-order chi connectivity index (χ1) is 6.22. The van der Waals surface area contributed by atoms with E-state index in [1.807, 2.05) is 6.92 Å². The van der Waals surface area contributed by atoms with E-state index in [4.69, 9.17) is 5.73 Å². The summed E-state index contributed by atoms with van der Waals surface area (Å²) in [6, 6.07) is 0.369. The molecule has 4 nitrogen and oxygen atoms in total. The Balaban J connectivity index is 2.30. The lowest BCUT2D eigenvalue weighted by Gasteiger charge is -2.22. The molecule has 1 aliphatic heterocycles. The van der Waals surface area contributed by atoms with Crippen molar-refractivity contribution in [2.45, 2.75) is 25.8 Å². The Bertz CT molecular complexity index is 207. The summed E-state index contributed by atoms with van der Waals surface area (Å²) < 4.78 is 11.0. The van der Waals surface area contributed by atoms with Crippen LogP contribution in [0.25, 0.3) is 0 Å². The van der Waals surface area contributed by atoms with E-state index >= 15 is 0 Å². The van der Waals surface area contributed by atoms with Crippen molar-refractivity contribution >= 4 is 16.8 Å². The lowest BCUT2D eigenvalue weighted by molar-refractivity contribution is 0.548. The van der Waals surface area contributed by atoms with Gasteiger partial charge in [-0.15, -0.1) is 0 Å². The number of nitrogens with two attached hydrogens (primary N) is 1. The van der Waals surface area contributed by atoms with Gasteiger partial charge in [0.05, 0.1) is 0 Å². The summed E-state index contributed by atoms with van der Waals surface area (Å²) in [5.74, 6) is 2.09. The first-order valence-electron chi connectivity index (χ1n) is 4.63. The van der Waals surface area contributed by atoms with Crippen molar-refractivity contribution in [2.24, 2.45) is 10.7 Å². The van der Waals surface area contributed by atoms with Crippen LogP contribution in [0.3, 0.4) is 0 Å². The van der Waals surface area contributed by atoms with Gasteiger partial charge >= 0.3 is 0 Å². The number of hydrogen-bond acceptors (Lipinski definition) is 2. The average molecular weight is 203 g/mol. The van der Waals surface area contributed by atoms with Gasteiger partial charge in [-0.1, -0.05) is 0 Å². The molecule has 1 fully saturated rings. The predicted molar refractivity (Wildman–Crippen MR) is 56.2 cm³/mol. The fourth-order valence-electron chi connectivity index (χ4n) is 1.36. The Hall–Kier alpha value is -0.580. The summed E-state index contributed by atoms with van der Waals surface area (Å²) in [5, 5.41) is 3.13. The lowest BCUT2D eigenvalue weighted by Crippen LogP contribution is -2.43. The molecule has 5 heteroatoms. The van der Waals surface area contributed by atoms with Gasteiger partial charge in [-0.05, 0) is 19.8 Å². The van der Waals surface area contributed by atoms with E-state index in [1.54, 1.807) is 0 Å². The van der Waals surface area contributed by atoms with E-state index in [0.29, 0.717) is 18.5 Å².